The third kappa shape index (κ3) is 2.73. The van der Waals surface area contributed by atoms with E-state index in [1.807, 2.05) is 6.92 Å². The maximum atomic E-state index is 10.6. The number of ether oxygens (including phenoxy) is 1. The van der Waals surface area contributed by atoms with Crippen molar-refractivity contribution in [3.05, 3.63) is 0 Å². The molecule has 2 unspecified atom stereocenters. The molecule has 2 aliphatic rings. The molecule has 3 nitrogen and oxygen atoms in total. The summed E-state index contributed by atoms with van der Waals surface area (Å²) in [5.74, 6) is 0. The Morgan fingerprint density at radius 1 is 1.22 bits per heavy atom. The van der Waals surface area contributed by atoms with Crippen molar-refractivity contribution >= 4 is 0 Å². The fourth-order valence-electron chi connectivity index (χ4n) is 3.88. The Labute approximate surface area is 112 Å². The number of likely N-dealkylation sites (tertiary alicyclic amines) is 1. The van der Waals surface area contributed by atoms with Gasteiger partial charge in [0.15, 0.2) is 0 Å². The molecule has 2 rings (SSSR count). The number of nitrogens with zero attached hydrogens (tertiary/aromatic N) is 1. The van der Waals surface area contributed by atoms with Gasteiger partial charge in [-0.3, -0.25) is 4.90 Å². The summed E-state index contributed by atoms with van der Waals surface area (Å²) in [6.07, 6.45) is 6.00. The van der Waals surface area contributed by atoms with Crippen molar-refractivity contribution in [2.45, 2.75) is 64.6 Å². The molecule has 1 N–H and O–H groups in total. The van der Waals surface area contributed by atoms with Gasteiger partial charge in [-0.25, -0.2) is 0 Å². The first kappa shape index (κ1) is 14.3. The highest BCUT2D eigenvalue weighted by Gasteiger charge is 2.47. The average molecular weight is 255 g/mol. The standard InChI is InChI=1S/C15H29NO2/c1-4-6-14(7-5-2)10-16(11-14)12-15(17)8-9-18-13(15)3/h13,17H,4-12H2,1-3H3. The van der Waals surface area contributed by atoms with Gasteiger partial charge >= 0.3 is 0 Å². The summed E-state index contributed by atoms with van der Waals surface area (Å²) in [6, 6.07) is 0. The zero-order valence-corrected chi connectivity index (χ0v) is 12.2. The first-order chi connectivity index (χ1) is 8.53. The summed E-state index contributed by atoms with van der Waals surface area (Å²) in [6.45, 7) is 10.4. The largest absolute Gasteiger partial charge is 0.386 e. The maximum Gasteiger partial charge on any atom is 0.105 e. The molecule has 3 heteroatoms. The Morgan fingerprint density at radius 2 is 1.83 bits per heavy atom. The molecule has 0 amide bonds. The average Bonchev–Trinajstić information content (AvgIpc) is 2.57. The minimum absolute atomic E-state index is 0.00940. The van der Waals surface area contributed by atoms with Gasteiger partial charge in [-0.15, -0.1) is 0 Å². The quantitative estimate of drug-likeness (QED) is 0.791. The van der Waals surface area contributed by atoms with Crippen molar-refractivity contribution in [3.8, 4) is 0 Å². The highest BCUT2D eigenvalue weighted by molar-refractivity contribution is 5.00. The Hall–Kier alpha value is -0.120. The topological polar surface area (TPSA) is 32.7 Å². The molecule has 0 spiro atoms. The van der Waals surface area contributed by atoms with Gasteiger partial charge in [-0.05, 0) is 25.2 Å². The molecule has 0 bridgehead atoms. The predicted molar refractivity (Wildman–Crippen MR) is 73.7 cm³/mol. The second kappa shape index (κ2) is 5.48. The van der Waals surface area contributed by atoms with Crippen LogP contribution in [0.15, 0.2) is 0 Å². The van der Waals surface area contributed by atoms with E-state index >= 15 is 0 Å². The van der Waals surface area contributed by atoms with Gasteiger partial charge in [0, 0.05) is 32.7 Å². The minimum atomic E-state index is -0.607. The Kier molecular flexibility index (Phi) is 4.35. The Bertz CT molecular complexity index is 268. The van der Waals surface area contributed by atoms with Gasteiger partial charge < -0.3 is 9.84 Å². The fraction of sp³-hybridized carbons (Fsp3) is 1.00. The molecule has 2 aliphatic heterocycles. The van der Waals surface area contributed by atoms with E-state index < -0.39 is 5.60 Å². The minimum Gasteiger partial charge on any atom is -0.386 e. The summed E-state index contributed by atoms with van der Waals surface area (Å²) >= 11 is 0. The molecular weight excluding hydrogens is 226 g/mol. The van der Waals surface area contributed by atoms with Crippen LogP contribution in [-0.4, -0.2) is 48.0 Å². The molecule has 0 aromatic rings. The molecule has 18 heavy (non-hydrogen) atoms. The maximum absolute atomic E-state index is 10.6. The van der Waals surface area contributed by atoms with Crippen LogP contribution in [0.4, 0.5) is 0 Å². The van der Waals surface area contributed by atoms with Gasteiger partial charge in [0.25, 0.3) is 0 Å². The normalized spacial score (nSPS) is 35.7. The van der Waals surface area contributed by atoms with Gasteiger partial charge in [0.1, 0.15) is 5.60 Å². The van der Waals surface area contributed by atoms with Crippen molar-refractivity contribution in [3.63, 3.8) is 0 Å². The smallest absolute Gasteiger partial charge is 0.105 e. The third-order valence-electron chi connectivity index (χ3n) is 4.84. The van der Waals surface area contributed by atoms with Crippen molar-refractivity contribution in [1.82, 2.24) is 4.90 Å². The van der Waals surface area contributed by atoms with E-state index in [0.29, 0.717) is 12.0 Å². The molecule has 0 aromatic heterocycles. The molecule has 0 radical (unpaired) electrons. The Morgan fingerprint density at radius 3 is 2.28 bits per heavy atom. The molecule has 106 valence electrons. The number of aliphatic hydroxyl groups is 1. The van der Waals surface area contributed by atoms with E-state index in [1.165, 1.54) is 38.8 Å². The van der Waals surface area contributed by atoms with Crippen molar-refractivity contribution in [1.29, 1.82) is 0 Å². The van der Waals surface area contributed by atoms with Crippen molar-refractivity contribution < 1.29 is 9.84 Å². The lowest BCUT2D eigenvalue weighted by molar-refractivity contribution is -0.0965. The molecule has 0 aliphatic carbocycles. The van der Waals surface area contributed by atoms with E-state index in [1.54, 1.807) is 0 Å². The van der Waals surface area contributed by atoms with Crippen LogP contribution < -0.4 is 0 Å². The van der Waals surface area contributed by atoms with Gasteiger partial charge in [-0.2, -0.15) is 0 Å². The zero-order chi connectivity index (χ0) is 13.2. The first-order valence-electron chi connectivity index (χ1n) is 7.60. The van der Waals surface area contributed by atoms with Crippen LogP contribution in [0.2, 0.25) is 0 Å². The van der Waals surface area contributed by atoms with E-state index in [2.05, 4.69) is 18.7 Å². The first-order valence-corrected chi connectivity index (χ1v) is 7.60. The van der Waals surface area contributed by atoms with Crippen LogP contribution in [0.25, 0.3) is 0 Å². The summed E-state index contributed by atoms with van der Waals surface area (Å²) in [5.41, 5.74) is -0.0624. The van der Waals surface area contributed by atoms with Crippen LogP contribution >= 0.6 is 0 Å². The lowest BCUT2D eigenvalue weighted by Gasteiger charge is -2.53. The number of hydrogen-bond donors (Lipinski definition) is 1. The van der Waals surface area contributed by atoms with Crippen LogP contribution in [0.3, 0.4) is 0 Å². The Balaban J connectivity index is 1.84. The fourth-order valence-corrected chi connectivity index (χ4v) is 3.88. The molecule has 0 aromatic carbocycles. The van der Waals surface area contributed by atoms with Gasteiger partial charge in [-0.1, -0.05) is 26.7 Å². The molecule has 2 saturated heterocycles. The summed E-state index contributed by atoms with van der Waals surface area (Å²) in [5, 5.41) is 10.6. The van der Waals surface area contributed by atoms with Crippen molar-refractivity contribution in [2.24, 2.45) is 5.41 Å². The molecule has 2 atom stereocenters. The molecular formula is C15H29NO2. The molecule has 2 heterocycles. The van der Waals surface area contributed by atoms with E-state index in [9.17, 15) is 5.11 Å². The number of rotatable bonds is 6. The SMILES string of the molecule is CCCC1(CCC)CN(CC2(O)CCOC2C)C1. The zero-order valence-electron chi connectivity index (χ0n) is 12.2. The third-order valence-corrected chi connectivity index (χ3v) is 4.84. The second-order valence-corrected chi connectivity index (χ2v) is 6.51. The van der Waals surface area contributed by atoms with Gasteiger partial charge in [0.2, 0.25) is 0 Å². The van der Waals surface area contributed by atoms with Crippen LogP contribution in [-0.2, 0) is 4.74 Å². The van der Waals surface area contributed by atoms with Crippen LogP contribution in [0.1, 0.15) is 52.9 Å². The second-order valence-electron chi connectivity index (χ2n) is 6.51. The van der Waals surface area contributed by atoms with Gasteiger partial charge in [0.05, 0.1) is 6.10 Å². The predicted octanol–water partition coefficient (Wildman–Crippen LogP) is 2.43. The van der Waals surface area contributed by atoms with Crippen LogP contribution in [0, 0.1) is 5.41 Å². The summed E-state index contributed by atoms with van der Waals surface area (Å²) in [4.78, 5) is 2.43. The number of β-amino-alcohol motifs (C(OH)–C–C–N with tert-alkyl or cyclic N) is 1. The lowest BCUT2D eigenvalue weighted by atomic mass is 9.72. The highest BCUT2D eigenvalue weighted by Crippen LogP contribution is 2.41. The summed E-state index contributed by atoms with van der Waals surface area (Å²) in [7, 11) is 0. The molecule has 0 saturated carbocycles. The van der Waals surface area contributed by atoms with E-state index in [0.717, 1.165) is 13.0 Å². The van der Waals surface area contributed by atoms with Crippen LogP contribution in [0.5, 0.6) is 0 Å². The number of hydrogen-bond acceptors (Lipinski definition) is 3. The summed E-state index contributed by atoms with van der Waals surface area (Å²) < 4.78 is 5.51. The molecule has 2 fully saturated rings. The van der Waals surface area contributed by atoms with Crippen molar-refractivity contribution in [2.75, 3.05) is 26.2 Å². The van der Waals surface area contributed by atoms with E-state index in [4.69, 9.17) is 4.74 Å². The van der Waals surface area contributed by atoms with E-state index in [-0.39, 0.29) is 6.10 Å². The highest BCUT2D eigenvalue weighted by atomic mass is 16.5. The lowest BCUT2D eigenvalue weighted by Crippen LogP contribution is -2.61. The monoisotopic (exact) mass is 255 g/mol.